The Morgan fingerprint density at radius 1 is 0.968 bits per heavy atom. The topological polar surface area (TPSA) is 93.5 Å². The van der Waals surface area contributed by atoms with E-state index in [-0.39, 0.29) is 0 Å². The molecule has 0 atom stereocenters. The van der Waals surface area contributed by atoms with Crippen LogP contribution in [0.25, 0.3) is 33.0 Å². The molecule has 7 nitrogen and oxygen atoms in total. The third-order valence-corrected chi connectivity index (χ3v) is 5.57. The number of aromatic nitrogens is 1. The molecule has 0 saturated heterocycles. The molecule has 0 fully saturated rings. The summed E-state index contributed by atoms with van der Waals surface area (Å²) in [5.74, 6) is 0.485. The molecule has 8 heteroatoms. The number of fused-ring (bicyclic) bond motifs is 4. The summed E-state index contributed by atoms with van der Waals surface area (Å²) >= 11 is 0. The number of anilines is 3. The van der Waals surface area contributed by atoms with E-state index in [0.717, 1.165) is 39.3 Å². The van der Waals surface area contributed by atoms with Gasteiger partial charge in [-0.15, -0.1) is 0 Å². The van der Waals surface area contributed by atoms with Crippen molar-refractivity contribution in [1.82, 2.24) is 4.98 Å². The number of ether oxygens (including phenoxy) is 1. The summed E-state index contributed by atoms with van der Waals surface area (Å²) in [6, 6.07) is 20.7. The first-order valence-electron chi connectivity index (χ1n) is 9.56. The van der Waals surface area contributed by atoms with Crippen LogP contribution < -0.4 is 14.8 Å². The number of nitrogens with zero attached hydrogens (tertiary/aromatic N) is 1. The zero-order valence-corrected chi connectivity index (χ0v) is 17.7. The molecule has 2 aromatic heterocycles. The molecule has 0 spiro atoms. The van der Waals surface area contributed by atoms with Crippen LogP contribution in [0, 0.1) is 0 Å². The van der Waals surface area contributed by atoms with E-state index in [1.807, 2.05) is 48.5 Å². The van der Waals surface area contributed by atoms with Gasteiger partial charge < -0.3 is 14.5 Å². The van der Waals surface area contributed by atoms with Crippen molar-refractivity contribution in [3.05, 3.63) is 66.7 Å². The van der Waals surface area contributed by atoms with Crippen molar-refractivity contribution in [3.63, 3.8) is 0 Å². The van der Waals surface area contributed by atoms with Crippen LogP contribution in [-0.2, 0) is 10.0 Å². The van der Waals surface area contributed by atoms with Crippen molar-refractivity contribution in [2.24, 2.45) is 0 Å². The predicted octanol–water partition coefficient (Wildman–Crippen LogP) is 5.26. The summed E-state index contributed by atoms with van der Waals surface area (Å²) in [6.45, 7) is 0. The van der Waals surface area contributed by atoms with Gasteiger partial charge in [-0.05, 0) is 30.3 Å². The van der Waals surface area contributed by atoms with Crippen LogP contribution in [0.2, 0.25) is 0 Å². The van der Waals surface area contributed by atoms with E-state index in [4.69, 9.17) is 14.1 Å². The van der Waals surface area contributed by atoms with Crippen LogP contribution in [0.15, 0.2) is 71.1 Å². The summed E-state index contributed by atoms with van der Waals surface area (Å²) in [4.78, 5) is 4.82. The van der Waals surface area contributed by atoms with Crippen molar-refractivity contribution in [3.8, 4) is 5.75 Å². The minimum Gasteiger partial charge on any atom is -0.494 e. The highest BCUT2D eigenvalue weighted by atomic mass is 32.2. The third kappa shape index (κ3) is 3.51. The first-order chi connectivity index (χ1) is 14.9. The van der Waals surface area contributed by atoms with Crippen LogP contribution >= 0.6 is 0 Å². The van der Waals surface area contributed by atoms with Crippen LogP contribution in [0.4, 0.5) is 17.1 Å². The van der Waals surface area contributed by atoms with Gasteiger partial charge in [0.25, 0.3) is 0 Å². The second kappa shape index (κ2) is 7.17. The maximum atomic E-state index is 11.6. The Hall–Kier alpha value is -3.78. The van der Waals surface area contributed by atoms with Gasteiger partial charge in [-0.1, -0.05) is 30.3 Å². The number of methoxy groups -OCH3 is 1. The second-order valence-electron chi connectivity index (χ2n) is 7.19. The third-order valence-electron chi connectivity index (χ3n) is 4.97. The highest BCUT2D eigenvalue weighted by molar-refractivity contribution is 7.92. The van der Waals surface area contributed by atoms with Crippen LogP contribution in [0.5, 0.6) is 5.75 Å². The Kier molecular flexibility index (Phi) is 4.44. The van der Waals surface area contributed by atoms with E-state index < -0.39 is 10.0 Å². The molecule has 0 radical (unpaired) electrons. The molecule has 5 aromatic rings. The molecule has 156 valence electrons. The first-order valence-corrected chi connectivity index (χ1v) is 11.4. The number of nitrogens with one attached hydrogen (secondary N) is 2. The van der Waals surface area contributed by atoms with Crippen molar-refractivity contribution in [1.29, 1.82) is 0 Å². The first kappa shape index (κ1) is 19.2. The standard InChI is InChI=1S/C23H19N3O4S/c1-29-20-13-14(26-31(2,27)28)11-12-18(20)25-21-15-7-3-5-9-17(15)24-22-16-8-4-6-10-19(16)30-23(21)22/h3-13,26H,1-2H3,(H,24,25). The zero-order chi connectivity index (χ0) is 21.6. The van der Waals surface area contributed by atoms with Gasteiger partial charge >= 0.3 is 0 Å². The molecule has 2 N–H and O–H groups in total. The second-order valence-corrected chi connectivity index (χ2v) is 8.94. The molecule has 2 heterocycles. The van der Waals surface area contributed by atoms with Crippen molar-refractivity contribution in [2.45, 2.75) is 0 Å². The van der Waals surface area contributed by atoms with Crippen molar-refractivity contribution >= 4 is 60.1 Å². The number of hydrogen-bond donors (Lipinski definition) is 2. The van der Waals surface area contributed by atoms with E-state index in [2.05, 4.69) is 10.0 Å². The van der Waals surface area contributed by atoms with E-state index in [0.29, 0.717) is 22.7 Å². The zero-order valence-electron chi connectivity index (χ0n) is 16.8. The van der Waals surface area contributed by atoms with E-state index in [1.165, 1.54) is 7.11 Å². The molecule has 0 aliphatic heterocycles. The predicted molar refractivity (Wildman–Crippen MR) is 124 cm³/mol. The molecule has 5 rings (SSSR count). The van der Waals surface area contributed by atoms with Gasteiger partial charge in [0.15, 0.2) is 5.58 Å². The number of hydrogen-bond acceptors (Lipinski definition) is 6. The molecule has 0 saturated carbocycles. The van der Waals surface area contributed by atoms with Crippen LogP contribution in [-0.4, -0.2) is 26.8 Å². The number of pyridine rings is 1. The Morgan fingerprint density at radius 2 is 1.71 bits per heavy atom. The van der Waals surface area contributed by atoms with Crippen LogP contribution in [0.1, 0.15) is 0 Å². The van der Waals surface area contributed by atoms with Gasteiger partial charge in [0.1, 0.15) is 16.8 Å². The fourth-order valence-electron chi connectivity index (χ4n) is 3.67. The fraction of sp³-hybridized carbons (Fsp3) is 0.0870. The molecule has 0 aliphatic carbocycles. The molecular formula is C23H19N3O4S. The largest absolute Gasteiger partial charge is 0.494 e. The summed E-state index contributed by atoms with van der Waals surface area (Å²) in [6.07, 6.45) is 1.10. The highest BCUT2D eigenvalue weighted by Gasteiger charge is 2.18. The summed E-state index contributed by atoms with van der Waals surface area (Å²) in [7, 11) is -1.86. The summed E-state index contributed by atoms with van der Waals surface area (Å²) in [5.41, 5.74) is 4.84. The fourth-order valence-corrected chi connectivity index (χ4v) is 4.22. The van der Waals surface area contributed by atoms with Gasteiger partial charge in [0.05, 0.1) is 35.9 Å². The number of furan rings is 1. The Bertz CT molecular complexity index is 1560. The van der Waals surface area contributed by atoms with Gasteiger partial charge in [-0.3, -0.25) is 4.72 Å². The van der Waals surface area contributed by atoms with E-state index in [1.54, 1.807) is 18.2 Å². The lowest BCUT2D eigenvalue weighted by atomic mass is 10.1. The lowest BCUT2D eigenvalue weighted by Crippen LogP contribution is -2.09. The number of benzene rings is 3. The SMILES string of the molecule is COc1cc(NS(C)(=O)=O)ccc1Nc1c2ccccc2nc2c1oc1ccccc12. The van der Waals surface area contributed by atoms with Crippen molar-refractivity contribution < 1.29 is 17.6 Å². The quantitative estimate of drug-likeness (QED) is 0.393. The average Bonchev–Trinajstić information content (AvgIpc) is 3.12. The summed E-state index contributed by atoms with van der Waals surface area (Å²) in [5, 5.41) is 5.26. The lowest BCUT2D eigenvalue weighted by Gasteiger charge is -2.15. The van der Waals surface area contributed by atoms with E-state index in [9.17, 15) is 8.42 Å². The van der Waals surface area contributed by atoms with Crippen molar-refractivity contribution in [2.75, 3.05) is 23.4 Å². The smallest absolute Gasteiger partial charge is 0.229 e. The molecule has 31 heavy (non-hydrogen) atoms. The molecule has 0 bridgehead atoms. The van der Waals surface area contributed by atoms with Gasteiger partial charge in [-0.2, -0.15) is 0 Å². The Labute approximate surface area is 178 Å². The maximum Gasteiger partial charge on any atom is 0.229 e. The average molecular weight is 433 g/mol. The molecular weight excluding hydrogens is 414 g/mol. The van der Waals surface area contributed by atoms with E-state index >= 15 is 0 Å². The molecule has 0 amide bonds. The Balaban J connectivity index is 1.71. The molecule has 3 aromatic carbocycles. The summed E-state index contributed by atoms with van der Waals surface area (Å²) < 4.78 is 37.3. The monoisotopic (exact) mass is 433 g/mol. The van der Waals surface area contributed by atoms with Crippen LogP contribution in [0.3, 0.4) is 0 Å². The minimum atomic E-state index is -3.40. The van der Waals surface area contributed by atoms with Gasteiger partial charge in [0.2, 0.25) is 10.0 Å². The number of sulfonamides is 1. The minimum absolute atomic E-state index is 0.415. The molecule has 0 aliphatic rings. The van der Waals surface area contributed by atoms with Gasteiger partial charge in [-0.25, -0.2) is 13.4 Å². The number of para-hydroxylation sites is 2. The maximum absolute atomic E-state index is 11.6. The normalized spacial score (nSPS) is 11.8. The Morgan fingerprint density at radius 3 is 2.48 bits per heavy atom. The lowest BCUT2D eigenvalue weighted by molar-refractivity contribution is 0.417. The number of rotatable bonds is 5. The molecule has 0 unspecified atom stereocenters. The highest BCUT2D eigenvalue weighted by Crippen LogP contribution is 2.40. The van der Waals surface area contributed by atoms with Gasteiger partial charge in [0, 0.05) is 16.8 Å².